The molecule has 0 aromatic rings. The van der Waals surface area contributed by atoms with E-state index in [2.05, 4.69) is 10.2 Å². The Morgan fingerprint density at radius 3 is 2.10 bits per heavy atom. The molecule has 1 heterocycles. The van der Waals surface area contributed by atoms with Gasteiger partial charge in [-0.2, -0.15) is 0 Å². The summed E-state index contributed by atoms with van der Waals surface area (Å²) in [6.07, 6.45) is 1.67. The Labute approximate surface area is 122 Å². The van der Waals surface area contributed by atoms with E-state index in [9.17, 15) is 9.59 Å². The van der Waals surface area contributed by atoms with Crippen molar-refractivity contribution < 1.29 is 9.59 Å². The van der Waals surface area contributed by atoms with E-state index in [0.29, 0.717) is 0 Å². The lowest BCUT2D eigenvalue weighted by Crippen LogP contribution is -2.53. The van der Waals surface area contributed by atoms with E-state index in [1.54, 1.807) is 19.0 Å². The largest absolute Gasteiger partial charge is 0.350 e. The highest BCUT2D eigenvalue weighted by atomic mass is 16.2. The van der Waals surface area contributed by atoms with E-state index in [-0.39, 0.29) is 29.3 Å². The first kappa shape index (κ1) is 17.0. The zero-order valence-electron chi connectivity index (χ0n) is 13.7. The predicted molar refractivity (Wildman–Crippen MR) is 80.3 cm³/mol. The number of amides is 2. The fraction of sp³-hybridized carbons (Fsp3) is 0.867. The third kappa shape index (κ3) is 4.78. The molecule has 20 heavy (non-hydrogen) atoms. The van der Waals surface area contributed by atoms with Gasteiger partial charge < -0.3 is 10.2 Å². The lowest BCUT2D eigenvalue weighted by molar-refractivity contribution is -0.135. The Morgan fingerprint density at radius 2 is 1.70 bits per heavy atom. The van der Waals surface area contributed by atoms with Crippen molar-refractivity contribution in [2.45, 2.75) is 52.1 Å². The van der Waals surface area contributed by atoms with Gasteiger partial charge in [0.15, 0.2) is 0 Å². The highest BCUT2D eigenvalue weighted by Crippen LogP contribution is 2.20. The maximum Gasteiger partial charge on any atom is 0.237 e. The van der Waals surface area contributed by atoms with Gasteiger partial charge in [0, 0.05) is 25.6 Å². The summed E-state index contributed by atoms with van der Waals surface area (Å²) in [5, 5.41) is 3.01. The topological polar surface area (TPSA) is 52.7 Å². The molecule has 1 atom stereocenters. The summed E-state index contributed by atoms with van der Waals surface area (Å²) in [7, 11) is 3.60. The average Bonchev–Trinajstić information content (AvgIpc) is 2.35. The first-order chi connectivity index (χ1) is 9.11. The molecule has 0 bridgehead atoms. The van der Waals surface area contributed by atoms with Crippen LogP contribution in [0.5, 0.6) is 0 Å². The van der Waals surface area contributed by atoms with Crippen LogP contribution in [0, 0.1) is 5.92 Å². The number of piperidine rings is 1. The number of carbonyl (C=O) groups excluding carboxylic acids is 2. The number of nitrogens with one attached hydrogen (secondary N) is 1. The van der Waals surface area contributed by atoms with Crippen LogP contribution in [0.4, 0.5) is 0 Å². The molecule has 0 aliphatic carbocycles. The molecule has 1 rings (SSSR count). The van der Waals surface area contributed by atoms with Gasteiger partial charge in [0.25, 0.3) is 0 Å². The van der Waals surface area contributed by atoms with Gasteiger partial charge in [-0.25, -0.2) is 0 Å². The minimum atomic E-state index is -0.204. The number of hydrogen-bond acceptors (Lipinski definition) is 3. The smallest absolute Gasteiger partial charge is 0.237 e. The maximum absolute atomic E-state index is 12.2. The number of rotatable bonds is 3. The van der Waals surface area contributed by atoms with Crippen molar-refractivity contribution in [1.82, 2.24) is 15.1 Å². The first-order valence-electron chi connectivity index (χ1n) is 7.39. The molecule has 2 amide bonds. The van der Waals surface area contributed by atoms with Gasteiger partial charge in [-0.05, 0) is 53.6 Å². The van der Waals surface area contributed by atoms with Crippen molar-refractivity contribution in [3.63, 3.8) is 0 Å². The molecular formula is C15H29N3O2. The van der Waals surface area contributed by atoms with E-state index < -0.39 is 0 Å². The van der Waals surface area contributed by atoms with Crippen LogP contribution in [0.15, 0.2) is 0 Å². The lowest BCUT2D eigenvalue weighted by atomic mass is 9.94. The Morgan fingerprint density at radius 1 is 1.20 bits per heavy atom. The Kier molecular flexibility index (Phi) is 5.57. The van der Waals surface area contributed by atoms with Gasteiger partial charge in [-0.1, -0.05) is 0 Å². The van der Waals surface area contributed by atoms with Gasteiger partial charge >= 0.3 is 0 Å². The summed E-state index contributed by atoms with van der Waals surface area (Å²) in [5.74, 6) is 0.380. The molecule has 1 saturated heterocycles. The number of nitrogens with zero attached hydrogens (tertiary/aromatic N) is 2. The summed E-state index contributed by atoms with van der Waals surface area (Å²) in [5.41, 5.74) is -0.204. The minimum Gasteiger partial charge on any atom is -0.350 e. The van der Waals surface area contributed by atoms with E-state index in [4.69, 9.17) is 0 Å². The third-order valence-corrected chi connectivity index (χ3v) is 3.74. The second-order valence-electron chi connectivity index (χ2n) is 6.96. The highest BCUT2D eigenvalue weighted by molar-refractivity contribution is 5.82. The van der Waals surface area contributed by atoms with Crippen molar-refractivity contribution in [2.75, 3.05) is 27.2 Å². The monoisotopic (exact) mass is 283 g/mol. The molecule has 1 N–H and O–H groups in total. The van der Waals surface area contributed by atoms with Gasteiger partial charge in [0.1, 0.15) is 0 Å². The predicted octanol–water partition coefficient (Wildman–Crippen LogP) is 1.09. The van der Waals surface area contributed by atoms with Crippen molar-refractivity contribution in [3.05, 3.63) is 0 Å². The summed E-state index contributed by atoms with van der Waals surface area (Å²) in [4.78, 5) is 27.9. The Bertz CT molecular complexity index is 353. The fourth-order valence-corrected chi connectivity index (χ4v) is 2.54. The van der Waals surface area contributed by atoms with E-state index in [1.165, 1.54) is 0 Å². The van der Waals surface area contributed by atoms with Crippen molar-refractivity contribution in [3.8, 4) is 0 Å². The average molecular weight is 283 g/mol. The van der Waals surface area contributed by atoms with Crippen LogP contribution < -0.4 is 5.32 Å². The molecular weight excluding hydrogens is 254 g/mol. The quantitative estimate of drug-likeness (QED) is 0.843. The van der Waals surface area contributed by atoms with Crippen molar-refractivity contribution >= 4 is 11.8 Å². The number of hydrogen-bond donors (Lipinski definition) is 1. The molecule has 0 aromatic heterocycles. The maximum atomic E-state index is 12.2. The van der Waals surface area contributed by atoms with E-state index >= 15 is 0 Å². The zero-order valence-corrected chi connectivity index (χ0v) is 13.7. The number of likely N-dealkylation sites (tertiary alicyclic amines) is 1. The highest BCUT2D eigenvalue weighted by Gasteiger charge is 2.31. The van der Waals surface area contributed by atoms with Crippen LogP contribution in [0.1, 0.15) is 40.5 Å². The Balaban J connectivity index is 2.49. The van der Waals surface area contributed by atoms with Crippen LogP contribution in [0.3, 0.4) is 0 Å². The molecule has 0 saturated carbocycles. The molecule has 0 spiro atoms. The normalized spacial score (nSPS) is 19.5. The van der Waals surface area contributed by atoms with E-state index in [1.807, 2.05) is 27.7 Å². The zero-order chi connectivity index (χ0) is 15.5. The molecule has 5 heteroatoms. The molecule has 0 radical (unpaired) electrons. The molecule has 116 valence electrons. The third-order valence-electron chi connectivity index (χ3n) is 3.74. The lowest BCUT2D eigenvalue weighted by Gasteiger charge is -2.36. The standard InChI is InChI=1S/C15H29N3O2/c1-11(13(19)16-15(2,3)4)18-9-7-12(8-10-18)14(20)17(5)6/h11-12H,7-10H2,1-6H3,(H,16,19). The van der Waals surface area contributed by atoms with Crippen LogP contribution in [0.2, 0.25) is 0 Å². The van der Waals surface area contributed by atoms with Crippen LogP contribution >= 0.6 is 0 Å². The fourth-order valence-electron chi connectivity index (χ4n) is 2.54. The van der Waals surface area contributed by atoms with Gasteiger partial charge in [-0.3, -0.25) is 14.5 Å². The SMILES string of the molecule is CC(C(=O)NC(C)(C)C)N1CCC(C(=O)N(C)C)CC1. The summed E-state index contributed by atoms with van der Waals surface area (Å²) < 4.78 is 0. The minimum absolute atomic E-state index is 0.0647. The second-order valence-corrected chi connectivity index (χ2v) is 6.96. The van der Waals surface area contributed by atoms with Crippen LogP contribution in [0.25, 0.3) is 0 Å². The van der Waals surface area contributed by atoms with Crippen molar-refractivity contribution in [2.24, 2.45) is 5.92 Å². The van der Waals surface area contributed by atoms with Crippen molar-refractivity contribution in [1.29, 1.82) is 0 Å². The van der Waals surface area contributed by atoms with Crippen LogP contribution in [-0.4, -0.2) is 60.4 Å². The molecule has 1 unspecified atom stereocenters. The molecule has 1 fully saturated rings. The van der Waals surface area contributed by atoms with E-state index in [0.717, 1.165) is 25.9 Å². The molecule has 1 aliphatic heterocycles. The van der Waals surface area contributed by atoms with Gasteiger partial charge in [0.05, 0.1) is 6.04 Å². The summed E-state index contributed by atoms with van der Waals surface area (Å²) in [6, 6.07) is -0.135. The van der Waals surface area contributed by atoms with Gasteiger partial charge in [-0.15, -0.1) is 0 Å². The first-order valence-corrected chi connectivity index (χ1v) is 7.39. The second kappa shape index (κ2) is 6.57. The van der Waals surface area contributed by atoms with Gasteiger partial charge in [0.2, 0.25) is 11.8 Å². The Hall–Kier alpha value is -1.10. The number of carbonyl (C=O) groups is 2. The van der Waals surface area contributed by atoms with Crippen LogP contribution in [-0.2, 0) is 9.59 Å². The molecule has 5 nitrogen and oxygen atoms in total. The molecule has 1 aliphatic rings. The summed E-state index contributed by atoms with van der Waals surface area (Å²) >= 11 is 0. The molecule has 0 aromatic carbocycles. The summed E-state index contributed by atoms with van der Waals surface area (Å²) in [6.45, 7) is 9.51.